The molecule has 1 saturated carbocycles. The molecule has 2 fully saturated rings. The molecule has 1 aliphatic carbocycles. The third-order valence-corrected chi connectivity index (χ3v) is 6.37. The van der Waals surface area contributed by atoms with Crippen LogP contribution in [-0.2, 0) is 10.2 Å². The molecule has 1 heterocycles. The number of benzene rings is 1. The van der Waals surface area contributed by atoms with Crippen LogP contribution in [-0.4, -0.2) is 57.9 Å². The Kier molecular flexibility index (Phi) is 7.60. The van der Waals surface area contributed by atoms with E-state index in [-0.39, 0.29) is 5.41 Å². The maximum absolute atomic E-state index is 5.36. The van der Waals surface area contributed by atoms with E-state index in [1.54, 1.807) is 14.2 Å². The molecule has 156 valence electrons. The van der Waals surface area contributed by atoms with Crippen LogP contribution >= 0.6 is 0 Å². The Bertz CT molecular complexity index is 623. The Balaban J connectivity index is 1.78. The Hall–Kier alpha value is -1.75. The fourth-order valence-corrected chi connectivity index (χ4v) is 4.76. The second kappa shape index (κ2) is 10.1. The minimum absolute atomic E-state index is 0.150. The zero-order valence-electron chi connectivity index (χ0n) is 17.9. The molecule has 0 aromatic heterocycles. The third kappa shape index (κ3) is 4.99. The van der Waals surface area contributed by atoms with Gasteiger partial charge in [-0.15, -0.1) is 0 Å². The molecule has 1 saturated heterocycles. The van der Waals surface area contributed by atoms with E-state index in [1.165, 1.54) is 44.1 Å². The monoisotopic (exact) mass is 387 g/mol. The van der Waals surface area contributed by atoms with Gasteiger partial charge in [0.15, 0.2) is 5.96 Å². The number of nitrogens with one attached hydrogen (secondary N) is 1. The van der Waals surface area contributed by atoms with E-state index in [2.05, 4.69) is 41.4 Å². The SMILES string of the molecule is CCNC(=NCC1(c2ccc(OC)cc2)CCCCC1)N1CCC(COC)C1. The highest BCUT2D eigenvalue weighted by Crippen LogP contribution is 2.40. The Morgan fingerprint density at radius 3 is 2.57 bits per heavy atom. The van der Waals surface area contributed by atoms with Crippen molar-refractivity contribution < 1.29 is 9.47 Å². The molecule has 1 unspecified atom stereocenters. The molecular weight excluding hydrogens is 350 g/mol. The van der Waals surface area contributed by atoms with E-state index in [0.717, 1.165) is 44.5 Å². The Labute approximate surface area is 170 Å². The van der Waals surface area contributed by atoms with E-state index in [9.17, 15) is 0 Å². The molecule has 1 atom stereocenters. The van der Waals surface area contributed by atoms with Crippen molar-refractivity contribution in [2.45, 2.75) is 50.9 Å². The molecule has 1 aromatic rings. The number of rotatable bonds is 7. The molecule has 3 rings (SSSR count). The summed E-state index contributed by atoms with van der Waals surface area (Å²) in [4.78, 5) is 7.58. The topological polar surface area (TPSA) is 46.1 Å². The molecule has 28 heavy (non-hydrogen) atoms. The summed E-state index contributed by atoms with van der Waals surface area (Å²) < 4.78 is 10.7. The average molecular weight is 388 g/mol. The third-order valence-electron chi connectivity index (χ3n) is 6.37. The van der Waals surface area contributed by atoms with Gasteiger partial charge in [-0.05, 0) is 43.9 Å². The first-order valence-corrected chi connectivity index (χ1v) is 10.9. The summed E-state index contributed by atoms with van der Waals surface area (Å²) in [6.07, 6.45) is 7.53. The molecule has 0 spiro atoms. The van der Waals surface area contributed by atoms with Gasteiger partial charge in [0.2, 0.25) is 0 Å². The van der Waals surface area contributed by atoms with Gasteiger partial charge in [-0.25, -0.2) is 0 Å². The van der Waals surface area contributed by atoms with Gasteiger partial charge in [0.25, 0.3) is 0 Å². The highest BCUT2D eigenvalue weighted by atomic mass is 16.5. The maximum Gasteiger partial charge on any atom is 0.193 e. The van der Waals surface area contributed by atoms with Crippen LogP contribution in [0, 0.1) is 5.92 Å². The lowest BCUT2D eigenvalue weighted by Crippen LogP contribution is -2.42. The summed E-state index contributed by atoms with van der Waals surface area (Å²) in [7, 11) is 3.52. The highest BCUT2D eigenvalue weighted by Gasteiger charge is 2.34. The van der Waals surface area contributed by atoms with Crippen molar-refractivity contribution in [2.24, 2.45) is 10.9 Å². The van der Waals surface area contributed by atoms with Crippen LogP contribution in [0.15, 0.2) is 29.3 Å². The van der Waals surface area contributed by atoms with Crippen molar-refractivity contribution in [3.8, 4) is 5.75 Å². The van der Waals surface area contributed by atoms with Crippen molar-refractivity contribution in [1.82, 2.24) is 10.2 Å². The summed E-state index contributed by atoms with van der Waals surface area (Å²) in [5, 5.41) is 3.53. The first-order chi connectivity index (χ1) is 13.7. The van der Waals surface area contributed by atoms with Crippen molar-refractivity contribution in [2.75, 3.05) is 47.0 Å². The average Bonchev–Trinajstić information content (AvgIpc) is 3.20. The number of likely N-dealkylation sites (tertiary alicyclic amines) is 1. The van der Waals surface area contributed by atoms with Gasteiger partial charge in [-0.1, -0.05) is 31.4 Å². The zero-order valence-corrected chi connectivity index (χ0v) is 17.9. The van der Waals surface area contributed by atoms with E-state index < -0.39 is 0 Å². The number of hydrogen-bond donors (Lipinski definition) is 1. The van der Waals surface area contributed by atoms with Crippen molar-refractivity contribution in [3.63, 3.8) is 0 Å². The second-order valence-corrected chi connectivity index (χ2v) is 8.30. The van der Waals surface area contributed by atoms with Crippen LogP contribution in [0.25, 0.3) is 0 Å². The summed E-state index contributed by atoms with van der Waals surface area (Å²) in [5.74, 6) is 2.60. The lowest BCUT2D eigenvalue weighted by Gasteiger charge is -2.37. The zero-order chi connectivity index (χ0) is 19.8. The van der Waals surface area contributed by atoms with Gasteiger partial charge in [-0.2, -0.15) is 0 Å². The number of methoxy groups -OCH3 is 2. The van der Waals surface area contributed by atoms with Crippen molar-refractivity contribution >= 4 is 5.96 Å². The second-order valence-electron chi connectivity index (χ2n) is 8.30. The van der Waals surface area contributed by atoms with E-state index >= 15 is 0 Å². The molecule has 1 N–H and O–H groups in total. The van der Waals surface area contributed by atoms with Crippen molar-refractivity contribution in [3.05, 3.63) is 29.8 Å². The summed E-state index contributed by atoms with van der Waals surface area (Å²) >= 11 is 0. The molecule has 2 aliphatic rings. The number of guanidine groups is 1. The minimum atomic E-state index is 0.150. The van der Waals surface area contributed by atoms with Gasteiger partial charge in [0, 0.05) is 38.1 Å². The summed E-state index contributed by atoms with van der Waals surface area (Å²) in [6, 6.07) is 8.68. The molecule has 5 heteroatoms. The molecule has 0 amide bonds. The predicted molar refractivity (Wildman–Crippen MR) is 115 cm³/mol. The molecule has 0 radical (unpaired) electrons. The maximum atomic E-state index is 5.36. The molecule has 1 aliphatic heterocycles. The lowest BCUT2D eigenvalue weighted by atomic mass is 9.69. The Morgan fingerprint density at radius 1 is 1.18 bits per heavy atom. The van der Waals surface area contributed by atoms with Crippen LogP contribution in [0.1, 0.15) is 51.0 Å². The van der Waals surface area contributed by atoms with E-state index in [1.807, 2.05) is 0 Å². The fraction of sp³-hybridized carbons (Fsp3) is 0.696. The van der Waals surface area contributed by atoms with Gasteiger partial charge in [0.1, 0.15) is 5.75 Å². The van der Waals surface area contributed by atoms with E-state index in [0.29, 0.717) is 5.92 Å². The molecule has 1 aromatic carbocycles. The molecule has 0 bridgehead atoms. The number of nitrogens with zero attached hydrogens (tertiary/aromatic N) is 2. The van der Waals surface area contributed by atoms with Crippen LogP contribution in [0.2, 0.25) is 0 Å². The van der Waals surface area contributed by atoms with Crippen LogP contribution in [0.5, 0.6) is 5.75 Å². The number of hydrogen-bond acceptors (Lipinski definition) is 3. The summed E-state index contributed by atoms with van der Waals surface area (Å²) in [6.45, 7) is 6.85. The largest absolute Gasteiger partial charge is 0.497 e. The fourth-order valence-electron chi connectivity index (χ4n) is 4.76. The standard InChI is InChI=1S/C23H37N3O2/c1-4-24-22(26-15-12-19(16-26)17-27-2)25-18-23(13-6-5-7-14-23)20-8-10-21(28-3)11-9-20/h8-11,19H,4-7,12-18H2,1-3H3,(H,24,25). The van der Waals surface area contributed by atoms with Crippen molar-refractivity contribution in [1.29, 1.82) is 0 Å². The van der Waals surface area contributed by atoms with Gasteiger partial charge in [0.05, 0.1) is 20.3 Å². The van der Waals surface area contributed by atoms with Crippen LogP contribution in [0.4, 0.5) is 0 Å². The Morgan fingerprint density at radius 2 is 1.93 bits per heavy atom. The first kappa shape index (κ1) is 21.0. The lowest BCUT2D eigenvalue weighted by molar-refractivity contribution is 0.157. The minimum Gasteiger partial charge on any atom is -0.497 e. The predicted octanol–water partition coefficient (Wildman–Crippen LogP) is 3.83. The smallest absolute Gasteiger partial charge is 0.193 e. The van der Waals surface area contributed by atoms with Crippen LogP contribution in [0.3, 0.4) is 0 Å². The van der Waals surface area contributed by atoms with E-state index in [4.69, 9.17) is 14.5 Å². The number of ether oxygens (including phenoxy) is 2. The van der Waals surface area contributed by atoms with Gasteiger partial charge in [-0.3, -0.25) is 4.99 Å². The molecule has 5 nitrogen and oxygen atoms in total. The first-order valence-electron chi connectivity index (χ1n) is 10.9. The normalized spacial score (nSPS) is 22.3. The van der Waals surface area contributed by atoms with Gasteiger partial charge < -0.3 is 19.7 Å². The van der Waals surface area contributed by atoms with Crippen LogP contribution < -0.4 is 10.1 Å². The quantitative estimate of drug-likeness (QED) is 0.570. The van der Waals surface area contributed by atoms with Gasteiger partial charge >= 0.3 is 0 Å². The highest BCUT2D eigenvalue weighted by molar-refractivity contribution is 5.80. The summed E-state index contributed by atoms with van der Waals surface area (Å²) in [5.41, 5.74) is 1.56. The number of aliphatic imine (C=N–C) groups is 1. The molecular formula is C23H37N3O2.